The predicted octanol–water partition coefficient (Wildman–Crippen LogP) is 31.6. The molecule has 2 aliphatic rings. The molecule has 2 unspecified atom stereocenters. The van der Waals surface area contributed by atoms with Crippen molar-refractivity contribution in [2.45, 2.75) is 24.7 Å². The van der Waals surface area contributed by atoms with E-state index in [9.17, 15) is 0 Å². The number of benzene rings is 20. The highest BCUT2D eigenvalue weighted by Crippen LogP contribution is 2.58. The molecule has 0 fully saturated rings. The molecule has 20 aromatic carbocycles. The number of rotatable bonds is 15. The maximum absolute atomic E-state index is 2.58. The SMILES string of the molecule is CC1(c2ccccc2)c2ccccc2-c2ccc(N(c3ccc4c(ccc5cc(-c6ccc(N(c7ccc8c(c7)C(C)(c7ccccc7)c7ccccc7-8)c7cc8ccccc8c8ccccc78)c(-c7ccccc7-c7ccccc7-c7ccccc7)c6)ccc54)c3)c3ccccc3-c3ccccc3-c3ccccc3-c3ccccc3)cc21. The first-order valence-electron chi connectivity index (χ1n) is 41.1. The molecule has 2 heteroatoms. The van der Waals surface area contributed by atoms with E-state index in [1.165, 1.54) is 132 Å². The lowest BCUT2D eigenvalue weighted by atomic mass is 9.74. The lowest BCUT2D eigenvalue weighted by Crippen LogP contribution is -2.23. The molecule has 2 nitrogen and oxygen atoms in total. The summed E-state index contributed by atoms with van der Waals surface area (Å²) in [6.07, 6.45) is 0. The molecule has 2 atom stereocenters. The van der Waals surface area contributed by atoms with E-state index in [1.54, 1.807) is 0 Å². The van der Waals surface area contributed by atoms with Gasteiger partial charge in [-0.25, -0.2) is 0 Å². The van der Waals surface area contributed by atoms with Gasteiger partial charge in [0.1, 0.15) is 0 Å². The van der Waals surface area contributed by atoms with Crippen LogP contribution in [0.4, 0.5) is 34.1 Å². The molecule has 2 aliphatic carbocycles. The molecule has 0 bridgehead atoms. The van der Waals surface area contributed by atoms with Crippen LogP contribution in [0.5, 0.6) is 0 Å². The van der Waals surface area contributed by atoms with Crippen molar-refractivity contribution in [2.75, 3.05) is 9.80 Å². The van der Waals surface area contributed by atoms with Crippen molar-refractivity contribution in [1.82, 2.24) is 0 Å². The van der Waals surface area contributed by atoms with E-state index in [0.29, 0.717) is 0 Å². The van der Waals surface area contributed by atoms with Gasteiger partial charge in [0.05, 0.1) is 17.1 Å². The molecular weight excluding hydrogens is 1420 g/mol. The van der Waals surface area contributed by atoms with Crippen LogP contribution < -0.4 is 9.80 Å². The van der Waals surface area contributed by atoms with Crippen molar-refractivity contribution in [1.29, 1.82) is 0 Å². The van der Waals surface area contributed by atoms with Crippen LogP contribution in [0.15, 0.2) is 449 Å². The quantitative estimate of drug-likeness (QED) is 0.0944. The van der Waals surface area contributed by atoms with Crippen LogP contribution in [0.3, 0.4) is 0 Å². The Morgan fingerprint density at radius 1 is 0.161 bits per heavy atom. The maximum atomic E-state index is 2.58. The number of nitrogens with zero attached hydrogens (tertiary/aromatic N) is 2. The van der Waals surface area contributed by atoms with Crippen LogP contribution in [0.1, 0.15) is 47.2 Å². The second-order valence-electron chi connectivity index (χ2n) is 31.9. The average Bonchev–Trinajstić information content (AvgIpc) is 1.51. The summed E-state index contributed by atoms with van der Waals surface area (Å²) in [6, 6.07) is 168. The van der Waals surface area contributed by atoms with E-state index in [-0.39, 0.29) is 0 Å². The Hall–Kier alpha value is -15.0. The highest BCUT2D eigenvalue weighted by molar-refractivity contribution is 6.16. The van der Waals surface area contributed by atoms with Crippen molar-refractivity contribution in [3.05, 3.63) is 482 Å². The Kier molecular flexibility index (Phi) is 16.9. The molecule has 0 saturated heterocycles. The van der Waals surface area contributed by atoms with Crippen LogP contribution in [0.25, 0.3) is 143 Å². The monoisotopic (exact) mass is 1500 g/mol. The lowest BCUT2D eigenvalue weighted by Gasteiger charge is -2.33. The minimum absolute atomic E-state index is 0.414. The zero-order chi connectivity index (χ0) is 78.4. The van der Waals surface area contributed by atoms with Gasteiger partial charge in [0.15, 0.2) is 0 Å². The summed E-state index contributed by atoms with van der Waals surface area (Å²) in [7, 11) is 0. The van der Waals surface area contributed by atoms with E-state index < -0.39 is 10.8 Å². The number of anilines is 6. The molecule has 0 radical (unpaired) electrons. The first-order chi connectivity index (χ1) is 58.3. The van der Waals surface area contributed by atoms with E-state index in [0.717, 1.165) is 78.5 Å². The molecular formula is C116H80N2. The molecule has 0 aliphatic heterocycles. The van der Waals surface area contributed by atoms with Crippen LogP contribution in [0.2, 0.25) is 0 Å². The molecule has 20 aromatic rings. The first-order valence-corrected chi connectivity index (χ1v) is 41.1. The number of fused-ring (bicyclic) bond motifs is 12. The summed E-state index contributed by atoms with van der Waals surface area (Å²) < 4.78 is 0. The maximum Gasteiger partial charge on any atom is 0.0546 e. The minimum Gasteiger partial charge on any atom is -0.310 e. The van der Waals surface area contributed by atoms with Gasteiger partial charge in [-0.1, -0.05) is 382 Å². The van der Waals surface area contributed by atoms with Crippen LogP contribution in [0, 0.1) is 0 Å². The van der Waals surface area contributed by atoms with Gasteiger partial charge in [-0.3, -0.25) is 0 Å². The summed E-state index contributed by atoms with van der Waals surface area (Å²) in [5.74, 6) is 0. The van der Waals surface area contributed by atoms with E-state index in [4.69, 9.17) is 0 Å². The molecule has 554 valence electrons. The summed E-state index contributed by atoms with van der Waals surface area (Å²) >= 11 is 0. The fourth-order valence-electron chi connectivity index (χ4n) is 19.9. The zero-order valence-electron chi connectivity index (χ0n) is 65.6. The summed E-state index contributed by atoms with van der Waals surface area (Å²) in [6.45, 7) is 4.85. The fraction of sp³-hybridized carbons (Fsp3) is 0.0345. The number of para-hydroxylation sites is 1. The Morgan fingerprint density at radius 3 is 1.05 bits per heavy atom. The normalized spacial score (nSPS) is 14.4. The third-order valence-electron chi connectivity index (χ3n) is 25.6. The van der Waals surface area contributed by atoms with Crippen LogP contribution in [-0.4, -0.2) is 0 Å². The van der Waals surface area contributed by atoms with Crippen molar-refractivity contribution in [2.24, 2.45) is 0 Å². The molecule has 0 aromatic heterocycles. The van der Waals surface area contributed by atoms with Gasteiger partial charge in [-0.15, -0.1) is 0 Å². The molecule has 0 saturated carbocycles. The minimum atomic E-state index is -0.440. The smallest absolute Gasteiger partial charge is 0.0546 e. The summed E-state index contributed by atoms with van der Waals surface area (Å²) in [5, 5.41) is 9.47. The number of hydrogen-bond acceptors (Lipinski definition) is 2. The van der Waals surface area contributed by atoms with Gasteiger partial charge in [0.25, 0.3) is 0 Å². The Labute approximate surface area is 689 Å². The van der Waals surface area contributed by atoms with Gasteiger partial charge in [0, 0.05) is 44.4 Å². The molecule has 0 heterocycles. The van der Waals surface area contributed by atoms with Gasteiger partial charge in [0.2, 0.25) is 0 Å². The Bertz CT molecular complexity index is 7350. The first kappa shape index (κ1) is 69.7. The van der Waals surface area contributed by atoms with Crippen molar-refractivity contribution < 1.29 is 0 Å². The highest BCUT2D eigenvalue weighted by atomic mass is 15.2. The molecule has 0 amide bonds. The summed E-state index contributed by atoms with van der Waals surface area (Å²) in [5.41, 5.74) is 34.6. The fourth-order valence-corrected chi connectivity index (χ4v) is 19.9. The van der Waals surface area contributed by atoms with E-state index >= 15 is 0 Å². The number of hydrogen-bond donors (Lipinski definition) is 0. The van der Waals surface area contributed by atoms with Crippen molar-refractivity contribution in [3.63, 3.8) is 0 Å². The topological polar surface area (TPSA) is 6.48 Å². The lowest BCUT2D eigenvalue weighted by molar-refractivity contribution is 0.714. The molecule has 0 spiro atoms. The molecule has 22 rings (SSSR count). The molecule has 0 N–H and O–H groups in total. The largest absolute Gasteiger partial charge is 0.310 e. The van der Waals surface area contributed by atoms with Crippen molar-refractivity contribution >= 4 is 77.2 Å². The van der Waals surface area contributed by atoms with E-state index in [2.05, 4.69) is 473 Å². The standard InChI is InChI=1S/C116H80N2/c1-115(84-38-11-5-12-39-84)108-56-30-27-52-101(108)103-68-64-87(75-110(103)115)117(112-58-32-29-54-105(112)99-50-23-21-48-97(99)94-45-19-17-42-89(94)77-33-7-3-8-34-77)86-63-67-93-83(72-86)60-59-82-71-79(61-66-92(82)93)80-62-70-113(107(73-80)100-51-24-22-49-98(100)95-46-20-18-43-90(95)78-35-9-4-10-36-78)118(114-74-81-37-15-16-44-91(81)96-47-25-26-55-106(96)114)88-65-69-104-102-53-28-31-57-109(102)116(2,111(104)76-88)85-40-13-6-14-41-85/h3-76H,1-2H3. The van der Waals surface area contributed by atoms with Gasteiger partial charge < -0.3 is 9.80 Å². The second-order valence-corrected chi connectivity index (χ2v) is 31.9. The van der Waals surface area contributed by atoms with E-state index in [1.807, 2.05) is 0 Å². The predicted molar refractivity (Wildman–Crippen MR) is 499 cm³/mol. The van der Waals surface area contributed by atoms with Crippen molar-refractivity contribution in [3.8, 4) is 100 Å². The zero-order valence-corrected chi connectivity index (χ0v) is 65.6. The van der Waals surface area contributed by atoms with Gasteiger partial charge >= 0.3 is 0 Å². The highest BCUT2D eigenvalue weighted by Gasteiger charge is 2.43. The third kappa shape index (κ3) is 11.4. The molecule has 118 heavy (non-hydrogen) atoms. The van der Waals surface area contributed by atoms with Gasteiger partial charge in [-0.2, -0.15) is 0 Å². The second kappa shape index (κ2) is 28.5. The summed E-state index contributed by atoms with van der Waals surface area (Å²) in [4.78, 5) is 5.10. The Morgan fingerprint density at radius 2 is 0.500 bits per heavy atom. The van der Waals surface area contributed by atoms with Crippen LogP contribution in [-0.2, 0) is 10.8 Å². The van der Waals surface area contributed by atoms with Gasteiger partial charge in [-0.05, 0) is 241 Å². The van der Waals surface area contributed by atoms with Crippen LogP contribution >= 0.6 is 0 Å². The Balaban J connectivity index is 0.726. The third-order valence-corrected chi connectivity index (χ3v) is 25.6. The average molecular weight is 1500 g/mol.